The highest BCUT2D eigenvalue weighted by Crippen LogP contribution is 2.33. The van der Waals surface area contributed by atoms with Gasteiger partial charge in [0.2, 0.25) is 0 Å². The topological polar surface area (TPSA) is 36.9 Å². The fourth-order valence-electron chi connectivity index (χ4n) is 2.19. The molecule has 0 bridgehead atoms. The van der Waals surface area contributed by atoms with Crippen molar-refractivity contribution in [3.63, 3.8) is 0 Å². The molecule has 2 fully saturated rings. The molecule has 0 aromatic carbocycles. The smallest absolute Gasteiger partial charge is 0.124 e. The molecule has 0 radical (unpaired) electrons. The second kappa shape index (κ2) is 4.82. The molecule has 4 nitrogen and oxygen atoms in total. The van der Waals surface area contributed by atoms with Crippen molar-refractivity contribution < 1.29 is 18.4 Å². The van der Waals surface area contributed by atoms with Crippen molar-refractivity contribution in [2.24, 2.45) is 0 Å². The van der Waals surface area contributed by atoms with Gasteiger partial charge in [-0.1, -0.05) is 0 Å². The van der Waals surface area contributed by atoms with Gasteiger partial charge in [0, 0.05) is 6.26 Å². The molecule has 0 saturated carbocycles. The Bertz CT molecular complexity index is 241. The maximum absolute atomic E-state index is 5.93. The summed E-state index contributed by atoms with van der Waals surface area (Å²) in [5.41, 5.74) is -0.162. The van der Waals surface area contributed by atoms with E-state index in [0.717, 1.165) is 0 Å². The van der Waals surface area contributed by atoms with Crippen LogP contribution in [0, 0.1) is 0 Å². The van der Waals surface area contributed by atoms with Crippen LogP contribution < -0.4 is 0 Å². The van der Waals surface area contributed by atoms with Gasteiger partial charge in [0.1, 0.15) is 24.4 Å². The number of ether oxygens (including phenoxy) is 3. The molecule has 2 aliphatic rings. The maximum atomic E-state index is 5.93. The third-order valence-electron chi connectivity index (χ3n) is 2.69. The minimum absolute atomic E-state index is 0.0244. The summed E-state index contributed by atoms with van der Waals surface area (Å²) >= 11 is 1.36. The van der Waals surface area contributed by atoms with Crippen molar-refractivity contribution >= 4 is 12.0 Å². The number of fused-ring (bicyclic) bond motifs is 1. The van der Waals surface area contributed by atoms with Gasteiger partial charge in [-0.3, -0.25) is 0 Å². The van der Waals surface area contributed by atoms with Crippen molar-refractivity contribution in [2.45, 2.75) is 50.8 Å². The Morgan fingerprint density at radius 2 is 1.62 bits per heavy atom. The summed E-state index contributed by atoms with van der Waals surface area (Å²) < 4.78 is 22.9. The Morgan fingerprint density at radius 1 is 1.06 bits per heavy atom. The summed E-state index contributed by atoms with van der Waals surface area (Å²) in [5.74, 6) is 0. The lowest BCUT2D eigenvalue weighted by Gasteiger charge is -2.26. The molecule has 0 aliphatic carbocycles. The number of hydrogen-bond acceptors (Lipinski definition) is 5. The predicted octanol–water partition coefficient (Wildman–Crippen LogP) is 1.63. The molecule has 0 spiro atoms. The molecule has 0 unspecified atom stereocenters. The van der Waals surface area contributed by atoms with Crippen molar-refractivity contribution in [3.8, 4) is 0 Å². The van der Waals surface area contributed by atoms with Crippen LogP contribution in [-0.2, 0) is 18.4 Å². The third kappa shape index (κ3) is 2.71. The first-order chi connectivity index (χ1) is 7.51. The van der Waals surface area contributed by atoms with E-state index in [9.17, 15) is 0 Å². The summed E-state index contributed by atoms with van der Waals surface area (Å²) in [4.78, 5) is 0. The second-order valence-corrected chi connectivity index (χ2v) is 5.69. The summed E-state index contributed by atoms with van der Waals surface area (Å²) in [6.45, 7) is 7.34. The highest BCUT2D eigenvalue weighted by molar-refractivity contribution is 7.93. The Kier molecular flexibility index (Phi) is 3.81. The minimum Gasteiger partial charge on any atom is -0.370 e. The SMILES string of the molecule is CSO[C@H]1CO[C@H]2[C@@H]1OC[C@@H]2OC(C)(C)C. The van der Waals surface area contributed by atoms with Crippen LogP contribution in [0.15, 0.2) is 0 Å². The highest BCUT2D eigenvalue weighted by atomic mass is 32.2. The zero-order valence-corrected chi connectivity index (χ0v) is 11.1. The Balaban J connectivity index is 1.93. The van der Waals surface area contributed by atoms with Crippen molar-refractivity contribution in [1.82, 2.24) is 0 Å². The quantitative estimate of drug-likeness (QED) is 0.710. The van der Waals surface area contributed by atoms with Crippen LogP contribution in [0.2, 0.25) is 0 Å². The van der Waals surface area contributed by atoms with Crippen LogP contribution in [-0.4, -0.2) is 49.5 Å². The van der Waals surface area contributed by atoms with E-state index in [1.165, 1.54) is 12.0 Å². The van der Waals surface area contributed by atoms with Gasteiger partial charge in [-0.05, 0) is 32.8 Å². The average Bonchev–Trinajstić information content (AvgIpc) is 2.69. The van der Waals surface area contributed by atoms with Gasteiger partial charge < -0.3 is 18.4 Å². The van der Waals surface area contributed by atoms with E-state index in [0.29, 0.717) is 13.2 Å². The van der Waals surface area contributed by atoms with Crippen LogP contribution in [0.25, 0.3) is 0 Å². The summed E-state index contributed by atoms with van der Waals surface area (Å²) in [5, 5.41) is 0. The predicted molar refractivity (Wildman–Crippen MR) is 62.5 cm³/mol. The molecule has 94 valence electrons. The maximum Gasteiger partial charge on any atom is 0.124 e. The summed E-state index contributed by atoms with van der Waals surface area (Å²) in [7, 11) is 0. The molecule has 0 aromatic heterocycles. The van der Waals surface area contributed by atoms with E-state index in [1.54, 1.807) is 0 Å². The second-order valence-electron chi connectivity index (χ2n) is 5.17. The van der Waals surface area contributed by atoms with Crippen molar-refractivity contribution in [1.29, 1.82) is 0 Å². The average molecular weight is 248 g/mol. The molecule has 0 aromatic rings. The zero-order chi connectivity index (χ0) is 11.8. The third-order valence-corrected chi connectivity index (χ3v) is 3.13. The van der Waals surface area contributed by atoms with Gasteiger partial charge in [0.25, 0.3) is 0 Å². The van der Waals surface area contributed by atoms with E-state index in [-0.39, 0.29) is 30.0 Å². The molecule has 0 amide bonds. The van der Waals surface area contributed by atoms with Crippen LogP contribution >= 0.6 is 12.0 Å². The molecule has 0 N–H and O–H groups in total. The molecule has 2 saturated heterocycles. The van der Waals surface area contributed by atoms with E-state index in [2.05, 4.69) is 0 Å². The first-order valence-corrected chi connectivity index (χ1v) is 6.77. The van der Waals surface area contributed by atoms with E-state index < -0.39 is 0 Å². The largest absolute Gasteiger partial charge is 0.370 e. The fourth-order valence-corrected chi connectivity index (χ4v) is 2.60. The molecule has 2 rings (SSSR count). The van der Waals surface area contributed by atoms with Gasteiger partial charge in [0.15, 0.2) is 0 Å². The molecule has 16 heavy (non-hydrogen) atoms. The molecule has 5 heteroatoms. The van der Waals surface area contributed by atoms with Gasteiger partial charge >= 0.3 is 0 Å². The van der Waals surface area contributed by atoms with Gasteiger partial charge in [-0.25, -0.2) is 0 Å². The summed E-state index contributed by atoms with van der Waals surface area (Å²) in [6, 6.07) is 0. The van der Waals surface area contributed by atoms with E-state index in [4.69, 9.17) is 18.4 Å². The molecule has 4 atom stereocenters. The Labute approximate surface area is 101 Å². The summed E-state index contributed by atoms with van der Waals surface area (Å²) in [6.07, 6.45) is 2.02. The normalized spacial score (nSPS) is 39.0. The Morgan fingerprint density at radius 3 is 2.19 bits per heavy atom. The molecule has 2 heterocycles. The van der Waals surface area contributed by atoms with E-state index >= 15 is 0 Å². The monoisotopic (exact) mass is 248 g/mol. The highest BCUT2D eigenvalue weighted by Gasteiger charge is 2.49. The Hall–Kier alpha value is 0.190. The first kappa shape index (κ1) is 12.6. The van der Waals surface area contributed by atoms with Crippen molar-refractivity contribution in [2.75, 3.05) is 19.5 Å². The fraction of sp³-hybridized carbons (Fsp3) is 1.00. The van der Waals surface area contributed by atoms with Crippen LogP contribution in [0.1, 0.15) is 20.8 Å². The lowest BCUT2D eigenvalue weighted by atomic mass is 10.1. The standard InChI is InChI=1S/C11H20O4S/c1-11(2,3)14-7-5-12-10-8(15-16-4)6-13-9(7)10/h7-10H,5-6H2,1-4H3/t7-,8-,9+,10+/m0/s1. The van der Waals surface area contributed by atoms with Crippen LogP contribution in [0.5, 0.6) is 0 Å². The van der Waals surface area contributed by atoms with E-state index in [1.807, 2.05) is 27.0 Å². The molecular formula is C11H20O4S. The molecular weight excluding hydrogens is 228 g/mol. The number of rotatable bonds is 3. The van der Waals surface area contributed by atoms with Gasteiger partial charge in [-0.15, -0.1) is 0 Å². The lowest BCUT2D eigenvalue weighted by molar-refractivity contribution is -0.103. The van der Waals surface area contributed by atoms with Crippen LogP contribution in [0.3, 0.4) is 0 Å². The first-order valence-electron chi connectivity index (χ1n) is 5.62. The lowest BCUT2D eigenvalue weighted by Crippen LogP contribution is -2.37. The van der Waals surface area contributed by atoms with Gasteiger partial charge in [-0.2, -0.15) is 0 Å². The minimum atomic E-state index is -0.162. The molecule has 2 aliphatic heterocycles. The van der Waals surface area contributed by atoms with Crippen molar-refractivity contribution in [3.05, 3.63) is 0 Å². The zero-order valence-electron chi connectivity index (χ0n) is 10.3. The number of hydrogen-bond donors (Lipinski definition) is 0. The van der Waals surface area contributed by atoms with Crippen LogP contribution in [0.4, 0.5) is 0 Å². The van der Waals surface area contributed by atoms with Gasteiger partial charge in [0.05, 0.1) is 18.8 Å².